The van der Waals surface area contributed by atoms with Gasteiger partial charge in [-0.05, 0) is 36.9 Å². The zero-order chi connectivity index (χ0) is 10.3. The van der Waals surface area contributed by atoms with Gasteiger partial charge in [-0.3, -0.25) is 0 Å². The Hall–Kier alpha value is -1.02. The summed E-state index contributed by atoms with van der Waals surface area (Å²) in [4.78, 5) is 0. The van der Waals surface area contributed by atoms with Crippen molar-refractivity contribution in [1.29, 1.82) is 0 Å². The molecule has 0 spiro atoms. The summed E-state index contributed by atoms with van der Waals surface area (Å²) in [6.45, 7) is 2.30. The molecule has 3 rings (SSSR count). The second-order valence-corrected chi connectivity index (χ2v) is 4.69. The van der Waals surface area contributed by atoms with Crippen LogP contribution >= 0.6 is 0 Å². The molecule has 2 nitrogen and oxygen atoms in total. The normalized spacial score (nSPS) is 28.3. The maximum Gasteiger partial charge on any atom is 0.122 e. The van der Waals surface area contributed by atoms with Crippen LogP contribution in [0.5, 0.6) is 5.75 Å². The van der Waals surface area contributed by atoms with E-state index in [0.717, 1.165) is 18.2 Å². The van der Waals surface area contributed by atoms with Gasteiger partial charge < -0.3 is 10.1 Å². The Labute approximate surface area is 90.6 Å². The molecule has 2 bridgehead atoms. The standard InChI is InChI=1S/C13H17NO/c1-15-12-4-2-3-10-5-9-6-11(13(10)12)8-14-7-9/h2-4,9,11,14H,5-8H2,1H3. The Morgan fingerprint density at radius 3 is 3.13 bits per heavy atom. The molecule has 2 unspecified atom stereocenters. The molecule has 80 valence electrons. The number of ether oxygens (including phenoxy) is 1. The van der Waals surface area contributed by atoms with E-state index in [-0.39, 0.29) is 0 Å². The summed E-state index contributed by atoms with van der Waals surface area (Å²) in [6.07, 6.45) is 2.55. The average Bonchev–Trinajstić information content (AvgIpc) is 2.28. The molecular weight excluding hydrogens is 186 g/mol. The number of nitrogens with one attached hydrogen (secondary N) is 1. The van der Waals surface area contributed by atoms with Crippen molar-refractivity contribution in [2.45, 2.75) is 18.8 Å². The summed E-state index contributed by atoms with van der Waals surface area (Å²) in [5, 5.41) is 3.52. The molecule has 2 heteroatoms. The molecule has 2 atom stereocenters. The number of rotatable bonds is 1. The highest BCUT2D eigenvalue weighted by Gasteiger charge is 2.32. The minimum atomic E-state index is 0.670. The summed E-state index contributed by atoms with van der Waals surface area (Å²) < 4.78 is 5.48. The minimum absolute atomic E-state index is 0.670. The first kappa shape index (κ1) is 9.22. The van der Waals surface area contributed by atoms with Crippen molar-refractivity contribution in [2.75, 3.05) is 20.2 Å². The maximum atomic E-state index is 5.48. The molecule has 15 heavy (non-hydrogen) atoms. The van der Waals surface area contributed by atoms with Gasteiger partial charge in [-0.1, -0.05) is 12.1 Å². The van der Waals surface area contributed by atoms with E-state index in [2.05, 4.69) is 23.5 Å². The van der Waals surface area contributed by atoms with Crippen LogP contribution in [0.4, 0.5) is 0 Å². The number of methoxy groups -OCH3 is 1. The number of benzene rings is 1. The van der Waals surface area contributed by atoms with E-state index in [9.17, 15) is 0 Å². The molecule has 0 amide bonds. The zero-order valence-electron chi connectivity index (χ0n) is 9.12. The van der Waals surface area contributed by atoms with E-state index >= 15 is 0 Å². The number of fused-ring (bicyclic) bond motifs is 4. The van der Waals surface area contributed by atoms with Crippen molar-refractivity contribution in [3.05, 3.63) is 29.3 Å². The summed E-state index contributed by atoms with van der Waals surface area (Å²) in [5.41, 5.74) is 2.97. The molecule has 1 aliphatic heterocycles. The molecule has 1 N–H and O–H groups in total. The molecule has 1 aromatic carbocycles. The summed E-state index contributed by atoms with van der Waals surface area (Å²) in [5.74, 6) is 2.59. The molecule has 0 aromatic heterocycles. The van der Waals surface area contributed by atoms with Crippen LogP contribution in [0.1, 0.15) is 23.5 Å². The topological polar surface area (TPSA) is 21.3 Å². The lowest BCUT2D eigenvalue weighted by molar-refractivity contribution is 0.307. The van der Waals surface area contributed by atoms with Crippen LogP contribution in [0.2, 0.25) is 0 Å². The summed E-state index contributed by atoms with van der Waals surface area (Å²) in [7, 11) is 1.78. The second kappa shape index (κ2) is 3.53. The largest absolute Gasteiger partial charge is 0.496 e. The van der Waals surface area contributed by atoms with Gasteiger partial charge in [-0.25, -0.2) is 0 Å². The first-order chi connectivity index (χ1) is 7.38. The van der Waals surface area contributed by atoms with Gasteiger partial charge in [0.2, 0.25) is 0 Å². The van der Waals surface area contributed by atoms with E-state index in [1.807, 2.05) is 0 Å². The van der Waals surface area contributed by atoms with E-state index in [1.54, 1.807) is 7.11 Å². The SMILES string of the molecule is COc1cccc2c1C1CNCC(C2)C1. The Kier molecular flexibility index (Phi) is 2.17. The third kappa shape index (κ3) is 1.44. The van der Waals surface area contributed by atoms with Crippen LogP contribution in [-0.2, 0) is 6.42 Å². The van der Waals surface area contributed by atoms with E-state index in [1.165, 1.54) is 30.5 Å². The quantitative estimate of drug-likeness (QED) is 0.753. The average molecular weight is 203 g/mol. The lowest BCUT2D eigenvalue weighted by Gasteiger charge is -2.37. The van der Waals surface area contributed by atoms with Crippen LogP contribution < -0.4 is 10.1 Å². The lowest BCUT2D eigenvalue weighted by Crippen LogP contribution is -2.39. The minimum Gasteiger partial charge on any atom is -0.496 e. The second-order valence-electron chi connectivity index (χ2n) is 4.69. The van der Waals surface area contributed by atoms with Gasteiger partial charge in [0, 0.05) is 18.0 Å². The Morgan fingerprint density at radius 1 is 1.33 bits per heavy atom. The molecule has 1 aromatic rings. The molecule has 1 aliphatic carbocycles. The Balaban J connectivity index is 2.09. The number of hydrogen-bond acceptors (Lipinski definition) is 2. The van der Waals surface area contributed by atoms with Crippen LogP contribution in [0.25, 0.3) is 0 Å². The third-order valence-electron chi connectivity index (χ3n) is 3.73. The predicted octanol–water partition coefficient (Wildman–Crippen LogP) is 1.94. The monoisotopic (exact) mass is 203 g/mol. The van der Waals surface area contributed by atoms with Crippen molar-refractivity contribution in [1.82, 2.24) is 5.32 Å². The van der Waals surface area contributed by atoms with Crippen molar-refractivity contribution in [3.8, 4) is 5.75 Å². The van der Waals surface area contributed by atoms with E-state index < -0.39 is 0 Å². The van der Waals surface area contributed by atoms with E-state index in [0.29, 0.717) is 5.92 Å². The van der Waals surface area contributed by atoms with Crippen molar-refractivity contribution >= 4 is 0 Å². The number of hydrogen-bond donors (Lipinski definition) is 1. The maximum absolute atomic E-state index is 5.48. The molecule has 1 fully saturated rings. The molecule has 1 heterocycles. The van der Waals surface area contributed by atoms with Crippen molar-refractivity contribution < 1.29 is 4.74 Å². The zero-order valence-corrected chi connectivity index (χ0v) is 9.12. The fourth-order valence-electron chi connectivity index (χ4n) is 3.13. The highest BCUT2D eigenvalue weighted by Crippen LogP contribution is 2.41. The molecular formula is C13H17NO. The Morgan fingerprint density at radius 2 is 2.27 bits per heavy atom. The Bertz CT molecular complexity index is 375. The lowest BCUT2D eigenvalue weighted by atomic mass is 9.74. The smallest absolute Gasteiger partial charge is 0.122 e. The number of piperidine rings is 1. The predicted molar refractivity (Wildman–Crippen MR) is 60.4 cm³/mol. The first-order valence-electron chi connectivity index (χ1n) is 5.75. The van der Waals surface area contributed by atoms with Gasteiger partial charge in [0.1, 0.15) is 5.75 Å². The summed E-state index contributed by atoms with van der Waals surface area (Å²) >= 11 is 0. The van der Waals surface area contributed by atoms with Crippen molar-refractivity contribution in [3.63, 3.8) is 0 Å². The van der Waals surface area contributed by atoms with Crippen LogP contribution in [0, 0.1) is 5.92 Å². The third-order valence-corrected chi connectivity index (χ3v) is 3.73. The highest BCUT2D eigenvalue weighted by molar-refractivity contribution is 5.45. The van der Waals surface area contributed by atoms with Crippen molar-refractivity contribution in [2.24, 2.45) is 5.92 Å². The van der Waals surface area contributed by atoms with Gasteiger partial charge in [-0.15, -0.1) is 0 Å². The van der Waals surface area contributed by atoms with Crippen LogP contribution in [0.15, 0.2) is 18.2 Å². The molecule has 0 saturated carbocycles. The van der Waals surface area contributed by atoms with Gasteiger partial charge in [0.05, 0.1) is 7.11 Å². The molecule has 1 saturated heterocycles. The van der Waals surface area contributed by atoms with Gasteiger partial charge in [-0.2, -0.15) is 0 Å². The fraction of sp³-hybridized carbons (Fsp3) is 0.538. The molecule has 2 aliphatic rings. The van der Waals surface area contributed by atoms with Gasteiger partial charge in [0.25, 0.3) is 0 Å². The molecule has 0 radical (unpaired) electrons. The van der Waals surface area contributed by atoms with Gasteiger partial charge in [0.15, 0.2) is 0 Å². The first-order valence-corrected chi connectivity index (χ1v) is 5.75. The van der Waals surface area contributed by atoms with Gasteiger partial charge >= 0.3 is 0 Å². The highest BCUT2D eigenvalue weighted by atomic mass is 16.5. The van der Waals surface area contributed by atoms with Crippen LogP contribution in [-0.4, -0.2) is 20.2 Å². The fourth-order valence-corrected chi connectivity index (χ4v) is 3.13. The van der Waals surface area contributed by atoms with Crippen LogP contribution in [0.3, 0.4) is 0 Å². The summed E-state index contributed by atoms with van der Waals surface area (Å²) in [6, 6.07) is 6.47. The van der Waals surface area contributed by atoms with E-state index in [4.69, 9.17) is 4.74 Å².